The van der Waals surface area contributed by atoms with Crippen molar-refractivity contribution in [2.24, 2.45) is 0 Å². The van der Waals surface area contributed by atoms with Crippen molar-refractivity contribution >= 4 is 11.6 Å². The lowest BCUT2D eigenvalue weighted by Gasteiger charge is -2.24. The Labute approximate surface area is 106 Å². The van der Waals surface area contributed by atoms with Crippen molar-refractivity contribution in [3.8, 4) is 0 Å². The zero-order valence-corrected chi connectivity index (χ0v) is 10.5. The Morgan fingerprint density at radius 3 is 3.11 bits per heavy atom. The maximum absolute atomic E-state index is 13.8. The maximum atomic E-state index is 13.8. The molecule has 1 aliphatic rings. The molecule has 98 valence electrons. The minimum Gasteiger partial charge on any atom is -0.362 e. The topological polar surface area (TPSA) is 44.4 Å². The molecule has 1 fully saturated rings. The van der Waals surface area contributed by atoms with Crippen LogP contribution in [0.3, 0.4) is 0 Å². The first kappa shape index (κ1) is 12.8. The molecule has 4 nitrogen and oxygen atoms in total. The highest BCUT2D eigenvalue weighted by Crippen LogP contribution is 2.23. The van der Waals surface area contributed by atoms with Crippen molar-refractivity contribution in [1.82, 2.24) is 10.6 Å². The summed E-state index contributed by atoms with van der Waals surface area (Å²) in [6, 6.07) is 5.01. The summed E-state index contributed by atoms with van der Waals surface area (Å²) in [7, 11) is 1.78. The molecule has 1 aliphatic heterocycles. The van der Waals surface area contributed by atoms with Gasteiger partial charge in [-0.05, 0) is 25.6 Å². The number of hydrogen-bond acceptors (Lipinski definition) is 3. The molecule has 18 heavy (non-hydrogen) atoms. The predicted octanol–water partition coefficient (Wildman–Crippen LogP) is 0.871. The van der Waals surface area contributed by atoms with Crippen LogP contribution < -0.4 is 15.5 Å². The molecular formula is C13H18FN3O. The first-order valence-corrected chi connectivity index (χ1v) is 6.16. The van der Waals surface area contributed by atoms with Crippen LogP contribution in [-0.2, 0) is 11.3 Å². The molecule has 0 aromatic heterocycles. The van der Waals surface area contributed by atoms with Gasteiger partial charge < -0.3 is 15.5 Å². The minimum absolute atomic E-state index is 0.00725. The lowest BCUT2D eigenvalue weighted by Crippen LogP contribution is -2.34. The smallest absolute Gasteiger partial charge is 0.239 e. The van der Waals surface area contributed by atoms with Crippen molar-refractivity contribution in [3.05, 3.63) is 29.6 Å². The molecule has 0 bridgehead atoms. The molecule has 2 rings (SSSR count). The van der Waals surface area contributed by atoms with Gasteiger partial charge in [0.25, 0.3) is 0 Å². The van der Waals surface area contributed by atoms with Gasteiger partial charge in [0, 0.05) is 30.9 Å². The molecule has 1 aromatic rings. The summed E-state index contributed by atoms with van der Waals surface area (Å²) in [6.45, 7) is 2.20. The van der Waals surface area contributed by atoms with Crippen LogP contribution in [0.2, 0.25) is 0 Å². The van der Waals surface area contributed by atoms with Gasteiger partial charge in [0.05, 0.1) is 6.54 Å². The molecule has 2 N–H and O–H groups in total. The van der Waals surface area contributed by atoms with Crippen LogP contribution in [0.1, 0.15) is 12.0 Å². The Bertz CT molecular complexity index is 436. The van der Waals surface area contributed by atoms with Gasteiger partial charge in [-0.3, -0.25) is 4.79 Å². The number of hydrogen-bond donors (Lipinski definition) is 2. The molecule has 0 radical (unpaired) electrons. The fourth-order valence-electron chi connectivity index (χ4n) is 2.21. The number of nitrogens with zero attached hydrogens (tertiary/aromatic N) is 1. The maximum Gasteiger partial charge on any atom is 0.239 e. The molecule has 5 heteroatoms. The highest BCUT2D eigenvalue weighted by atomic mass is 19.1. The molecule has 0 spiro atoms. The van der Waals surface area contributed by atoms with Gasteiger partial charge in [0.1, 0.15) is 5.82 Å². The quantitative estimate of drug-likeness (QED) is 0.838. The molecule has 1 saturated heterocycles. The number of nitrogens with one attached hydrogen (secondary N) is 2. The molecule has 1 aromatic carbocycles. The van der Waals surface area contributed by atoms with Crippen LogP contribution in [-0.4, -0.2) is 32.6 Å². The molecule has 0 atom stereocenters. The summed E-state index contributed by atoms with van der Waals surface area (Å²) in [5.41, 5.74) is 1.43. The Morgan fingerprint density at radius 2 is 2.33 bits per heavy atom. The van der Waals surface area contributed by atoms with Crippen molar-refractivity contribution in [2.75, 3.05) is 31.6 Å². The van der Waals surface area contributed by atoms with Gasteiger partial charge >= 0.3 is 0 Å². The van der Waals surface area contributed by atoms with Crippen molar-refractivity contribution in [2.45, 2.75) is 13.0 Å². The SMILES string of the molecule is CNCc1c(F)cccc1N1CCCNC(=O)C1. The van der Waals surface area contributed by atoms with Crippen molar-refractivity contribution in [3.63, 3.8) is 0 Å². The van der Waals surface area contributed by atoms with Gasteiger partial charge in [0.15, 0.2) is 0 Å². The van der Waals surface area contributed by atoms with E-state index in [1.807, 2.05) is 11.0 Å². The monoisotopic (exact) mass is 251 g/mol. The van der Waals surface area contributed by atoms with Gasteiger partial charge in [-0.1, -0.05) is 6.07 Å². The van der Waals surface area contributed by atoms with Crippen LogP contribution in [0.15, 0.2) is 18.2 Å². The van der Waals surface area contributed by atoms with E-state index in [4.69, 9.17) is 0 Å². The second-order valence-corrected chi connectivity index (χ2v) is 4.39. The van der Waals surface area contributed by atoms with Crippen LogP contribution in [0.25, 0.3) is 0 Å². The molecule has 0 unspecified atom stereocenters. The van der Waals surface area contributed by atoms with Gasteiger partial charge in [-0.25, -0.2) is 4.39 Å². The first-order chi connectivity index (χ1) is 8.72. The van der Waals surface area contributed by atoms with E-state index in [-0.39, 0.29) is 11.7 Å². The Balaban J connectivity index is 2.30. The van der Waals surface area contributed by atoms with E-state index in [1.165, 1.54) is 6.07 Å². The molecule has 0 aliphatic carbocycles. The minimum atomic E-state index is -0.230. The summed E-state index contributed by atoms with van der Waals surface area (Å²) in [4.78, 5) is 13.5. The second-order valence-electron chi connectivity index (χ2n) is 4.39. The van der Waals surface area contributed by atoms with E-state index >= 15 is 0 Å². The third kappa shape index (κ3) is 2.79. The van der Waals surface area contributed by atoms with Crippen LogP contribution in [0, 0.1) is 5.82 Å². The van der Waals surface area contributed by atoms with E-state index in [1.54, 1.807) is 13.1 Å². The van der Waals surface area contributed by atoms with E-state index < -0.39 is 0 Å². The Morgan fingerprint density at radius 1 is 1.50 bits per heavy atom. The predicted molar refractivity (Wildman–Crippen MR) is 69.0 cm³/mol. The van der Waals surface area contributed by atoms with Crippen LogP contribution >= 0.6 is 0 Å². The summed E-state index contributed by atoms with van der Waals surface area (Å²) in [5, 5.41) is 5.78. The van der Waals surface area contributed by atoms with Gasteiger partial charge in [0.2, 0.25) is 5.91 Å². The number of amides is 1. The fraction of sp³-hybridized carbons (Fsp3) is 0.462. The average molecular weight is 251 g/mol. The summed E-state index contributed by atoms with van der Waals surface area (Å²) in [5.74, 6) is -0.237. The number of benzene rings is 1. The van der Waals surface area contributed by atoms with E-state index in [9.17, 15) is 9.18 Å². The van der Waals surface area contributed by atoms with E-state index in [2.05, 4.69) is 10.6 Å². The average Bonchev–Trinajstić information content (AvgIpc) is 2.57. The number of carbonyl (C=O) groups excluding carboxylic acids is 1. The van der Waals surface area contributed by atoms with Crippen molar-refractivity contribution in [1.29, 1.82) is 0 Å². The zero-order chi connectivity index (χ0) is 13.0. The molecular weight excluding hydrogens is 233 g/mol. The van der Waals surface area contributed by atoms with Crippen LogP contribution in [0.4, 0.5) is 10.1 Å². The van der Waals surface area contributed by atoms with Crippen LogP contribution in [0.5, 0.6) is 0 Å². The van der Waals surface area contributed by atoms with Gasteiger partial charge in [-0.2, -0.15) is 0 Å². The molecule has 1 heterocycles. The highest BCUT2D eigenvalue weighted by Gasteiger charge is 2.18. The normalized spacial score (nSPS) is 16.3. The van der Waals surface area contributed by atoms with Gasteiger partial charge in [-0.15, -0.1) is 0 Å². The third-order valence-corrected chi connectivity index (χ3v) is 3.05. The number of halogens is 1. The second kappa shape index (κ2) is 5.82. The van der Waals surface area contributed by atoms with E-state index in [0.717, 1.165) is 18.7 Å². The number of carbonyl (C=O) groups is 1. The lowest BCUT2D eigenvalue weighted by atomic mass is 10.1. The fourth-order valence-corrected chi connectivity index (χ4v) is 2.21. The van der Waals surface area contributed by atoms with Crippen molar-refractivity contribution < 1.29 is 9.18 Å². The summed E-state index contributed by atoms with van der Waals surface area (Å²) in [6.07, 6.45) is 0.876. The lowest BCUT2D eigenvalue weighted by molar-refractivity contribution is -0.119. The zero-order valence-electron chi connectivity index (χ0n) is 10.5. The number of anilines is 1. The molecule has 0 saturated carbocycles. The highest BCUT2D eigenvalue weighted by molar-refractivity contribution is 5.82. The first-order valence-electron chi connectivity index (χ1n) is 6.16. The largest absolute Gasteiger partial charge is 0.362 e. The Hall–Kier alpha value is -1.62. The molecule has 1 amide bonds. The standard InChI is InChI=1S/C13H18FN3O/c1-15-8-10-11(14)4-2-5-12(10)17-7-3-6-16-13(18)9-17/h2,4-5,15H,3,6-9H2,1H3,(H,16,18). The summed E-state index contributed by atoms with van der Waals surface area (Å²) >= 11 is 0. The third-order valence-electron chi connectivity index (χ3n) is 3.05. The van der Waals surface area contributed by atoms with E-state index in [0.29, 0.717) is 25.2 Å². The Kier molecular flexibility index (Phi) is 4.15. The summed E-state index contributed by atoms with van der Waals surface area (Å²) < 4.78 is 13.8. The number of rotatable bonds is 3.